The Morgan fingerprint density at radius 1 is 1.31 bits per heavy atom. The summed E-state index contributed by atoms with van der Waals surface area (Å²) < 4.78 is 21.3. The maximum absolute atomic E-state index is 16.2. The van der Waals surface area contributed by atoms with Crippen LogP contribution in [0, 0.1) is 28.6 Å². The van der Waals surface area contributed by atoms with Crippen molar-refractivity contribution in [1.29, 1.82) is 0 Å². The highest BCUT2D eigenvalue weighted by Crippen LogP contribution is 2.71. The van der Waals surface area contributed by atoms with Crippen LogP contribution in [-0.2, 0) is 19.1 Å². The summed E-state index contributed by atoms with van der Waals surface area (Å²) >= 11 is 7.25. The van der Waals surface area contributed by atoms with Gasteiger partial charge in [0.1, 0.15) is 11.8 Å². The van der Waals surface area contributed by atoms with Crippen molar-refractivity contribution >= 4 is 29.1 Å². The topological polar surface area (TPSA) is 80.7 Å². The lowest BCUT2D eigenvalue weighted by atomic mass is 9.46. The van der Waals surface area contributed by atoms with Crippen molar-refractivity contribution in [3.8, 4) is 0 Å². The van der Waals surface area contributed by atoms with Crippen LogP contribution in [0.2, 0.25) is 0 Å². The van der Waals surface area contributed by atoms with Crippen LogP contribution in [0.1, 0.15) is 59.8 Å². The van der Waals surface area contributed by atoms with Crippen molar-refractivity contribution in [1.82, 2.24) is 0 Å². The number of fused-ring (bicyclic) bond motifs is 5. The molecular formula is C25H32ClFO5. The smallest absolute Gasteiger partial charge is 0.305 e. The second-order valence-electron chi connectivity index (χ2n) is 10.6. The number of rotatable bonds is 4. The van der Waals surface area contributed by atoms with E-state index in [9.17, 15) is 19.5 Å². The molecule has 4 aliphatic carbocycles. The van der Waals surface area contributed by atoms with E-state index in [-0.39, 0.29) is 30.5 Å². The Labute approximate surface area is 193 Å². The Hall–Kier alpha value is -1.53. The molecule has 2 unspecified atom stereocenters. The van der Waals surface area contributed by atoms with Gasteiger partial charge in [-0.1, -0.05) is 39.3 Å². The highest BCUT2D eigenvalue weighted by molar-refractivity contribution is 6.26. The van der Waals surface area contributed by atoms with Gasteiger partial charge in [0.25, 0.3) is 0 Å². The number of hydrogen-bond acceptors (Lipinski definition) is 5. The number of alkyl halides is 2. The summed E-state index contributed by atoms with van der Waals surface area (Å²) in [5.41, 5.74) is -2.79. The van der Waals surface area contributed by atoms with Crippen molar-refractivity contribution in [2.75, 3.05) is 6.61 Å². The third-order valence-corrected chi connectivity index (χ3v) is 10.2. The number of hydrogen-bond donors (Lipinski definition) is 1. The van der Waals surface area contributed by atoms with Crippen molar-refractivity contribution in [2.45, 2.75) is 76.4 Å². The molecule has 3 fully saturated rings. The lowest BCUT2D eigenvalue weighted by Crippen LogP contribution is -2.68. The molecule has 3 saturated carbocycles. The fourth-order valence-corrected chi connectivity index (χ4v) is 7.96. The molecule has 0 bridgehead atoms. The molecule has 8 atom stereocenters. The van der Waals surface area contributed by atoms with Gasteiger partial charge in [-0.15, -0.1) is 11.6 Å². The molecule has 7 heteroatoms. The summed E-state index contributed by atoms with van der Waals surface area (Å²) in [5, 5.41) is 11.8. The van der Waals surface area contributed by atoms with E-state index in [0.29, 0.717) is 19.3 Å². The number of carbonyl (C=O) groups excluding carboxylic acids is 3. The SMILES string of the molecule is CCC(=O)OCC(=O)[C@@]1(O)C(C)C[C@H]2[C@@H]3CCC4=CC(=O)C=C[C@]4(C)[C@@]3(Cl)C(F)C[C@@]21C. The zero-order valence-corrected chi connectivity index (χ0v) is 19.9. The zero-order valence-electron chi connectivity index (χ0n) is 19.1. The Morgan fingerprint density at radius 2 is 2.00 bits per heavy atom. The number of allylic oxidation sites excluding steroid dienone is 4. The van der Waals surface area contributed by atoms with E-state index >= 15 is 4.39 Å². The minimum atomic E-state index is -1.80. The fraction of sp³-hybridized carbons (Fsp3) is 0.720. The second-order valence-corrected chi connectivity index (χ2v) is 11.2. The fourth-order valence-electron chi connectivity index (χ4n) is 7.43. The lowest BCUT2D eigenvalue weighted by Gasteiger charge is -2.63. The molecule has 176 valence electrons. The van der Waals surface area contributed by atoms with E-state index in [2.05, 4.69) is 0 Å². The number of ether oxygens (including phenoxy) is 1. The first kappa shape index (κ1) is 23.6. The van der Waals surface area contributed by atoms with Gasteiger partial charge >= 0.3 is 5.97 Å². The standard InChI is InChI=1S/C25H32ClFO5/c1-5-21(30)32-13-20(29)25(31)14(2)10-18-17-7-6-15-11-16(28)8-9-22(15,3)24(17,26)19(27)12-23(18,25)4/h8-9,11,14,17-19,31H,5-7,10,12-13H2,1-4H3/t14?,17-,18-,19?,22-,23-,24-,25-/m0/s1. The van der Waals surface area contributed by atoms with Crippen LogP contribution < -0.4 is 0 Å². The maximum atomic E-state index is 16.2. The second kappa shape index (κ2) is 7.49. The minimum Gasteiger partial charge on any atom is -0.458 e. The molecular weight excluding hydrogens is 435 g/mol. The molecule has 4 rings (SSSR count). The molecule has 0 aromatic carbocycles. The van der Waals surface area contributed by atoms with Crippen molar-refractivity contribution < 1.29 is 28.6 Å². The quantitative estimate of drug-likeness (QED) is 0.498. The van der Waals surface area contributed by atoms with Gasteiger partial charge in [0.05, 0.1) is 4.87 Å². The van der Waals surface area contributed by atoms with Crippen molar-refractivity contribution in [3.63, 3.8) is 0 Å². The molecule has 1 N–H and O–H groups in total. The molecule has 0 saturated heterocycles. The number of halogens is 2. The summed E-state index contributed by atoms with van der Waals surface area (Å²) in [7, 11) is 0. The lowest BCUT2D eigenvalue weighted by molar-refractivity contribution is -0.177. The van der Waals surface area contributed by atoms with Gasteiger partial charge in [0.15, 0.2) is 12.4 Å². The van der Waals surface area contributed by atoms with Gasteiger partial charge in [0, 0.05) is 17.3 Å². The van der Waals surface area contributed by atoms with Crippen LogP contribution in [0.15, 0.2) is 23.8 Å². The number of esters is 1. The predicted molar refractivity (Wildman–Crippen MR) is 118 cm³/mol. The van der Waals surface area contributed by atoms with Gasteiger partial charge in [-0.05, 0) is 55.6 Å². The summed E-state index contributed by atoms with van der Waals surface area (Å²) in [6, 6.07) is 0. The largest absolute Gasteiger partial charge is 0.458 e. The van der Waals surface area contributed by atoms with E-state index in [1.165, 1.54) is 6.08 Å². The van der Waals surface area contributed by atoms with Crippen molar-refractivity contribution in [2.24, 2.45) is 28.6 Å². The highest BCUT2D eigenvalue weighted by atomic mass is 35.5. The van der Waals surface area contributed by atoms with Crippen LogP contribution in [0.3, 0.4) is 0 Å². The first-order chi connectivity index (χ1) is 14.9. The van der Waals surface area contributed by atoms with Crippen LogP contribution in [-0.4, -0.2) is 45.9 Å². The van der Waals surface area contributed by atoms with E-state index < -0.39 is 51.8 Å². The van der Waals surface area contributed by atoms with Gasteiger partial charge in [-0.3, -0.25) is 14.4 Å². The molecule has 32 heavy (non-hydrogen) atoms. The van der Waals surface area contributed by atoms with Gasteiger partial charge in [-0.25, -0.2) is 4.39 Å². The van der Waals surface area contributed by atoms with E-state index in [1.807, 2.05) is 6.92 Å². The van der Waals surface area contributed by atoms with E-state index in [0.717, 1.165) is 5.57 Å². The Bertz CT molecular complexity index is 929. The predicted octanol–water partition coefficient (Wildman–Crippen LogP) is 4.10. The number of aliphatic hydroxyl groups is 1. The molecule has 4 aliphatic rings. The van der Waals surface area contributed by atoms with Crippen LogP contribution >= 0.6 is 11.6 Å². The molecule has 0 spiro atoms. The molecule has 0 aromatic rings. The van der Waals surface area contributed by atoms with Gasteiger partial charge in [0.2, 0.25) is 5.78 Å². The molecule has 0 aromatic heterocycles. The van der Waals surface area contributed by atoms with Gasteiger partial charge in [-0.2, -0.15) is 0 Å². The summed E-state index contributed by atoms with van der Waals surface area (Å²) in [6.07, 6.45) is 5.11. The van der Waals surface area contributed by atoms with E-state index in [4.69, 9.17) is 16.3 Å². The third kappa shape index (κ3) is 2.81. The summed E-state index contributed by atoms with van der Waals surface area (Å²) in [4.78, 5) is 35.5. The number of ketones is 2. The number of Topliss-reactive ketones (excluding diaryl/α,β-unsaturated/α-hetero) is 1. The molecule has 0 radical (unpaired) electrons. The Morgan fingerprint density at radius 3 is 2.66 bits per heavy atom. The zero-order chi connectivity index (χ0) is 23.7. The van der Waals surface area contributed by atoms with Gasteiger partial charge < -0.3 is 9.84 Å². The first-order valence-corrected chi connectivity index (χ1v) is 11.9. The molecule has 0 aliphatic heterocycles. The summed E-state index contributed by atoms with van der Waals surface area (Å²) in [6.45, 7) is 6.61. The van der Waals surface area contributed by atoms with E-state index in [1.54, 1.807) is 32.9 Å². The highest BCUT2D eigenvalue weighted by Gasteiger charge is 2.75. The maximum Gasteiger partial charge on any atom is 0.305 e. The molecule has 0 amide bonds. The minimum absolute atomic E-state index is 0.0728. The average molecular weight is 467 g/mol. The van der Waals surface area contributed by atoms with Crippen LogP contribution in [0.5, 0.6) is 0 Å². The van der Waals surface area contributed by atoms with Crippen LogP contribution in [0.4, 0.5) is 4.39 Å². The molecule has 5 nitrogen and oxygen atoms in total. The number of carbonyl (C=O) groups is 3. The van der Waals surface area contributed by atoms with Crippen molar-refractivity contribution in [3.05, 3.63) is 23.8 Å². The summed E-state index contributed by atoms with van der Waals surface area (Å²) in [5.74, 6) is -2.08. The normalized spacial score (nSPS) is 47.2. The third-order valence-electron chi connectivity index (χ3n) is 9.26. The van der Waals surface area contributed by atoms with Crippen LogP contribution in [0.25, 0.3) is 0 Å². The molecule has 0 heterocycles. The Kier molecular flexibility index (Phi) is 5.53. The average Bonchev–Trinajstić information content (AvgIpc) is 2.94. The first-order valence-electron chi connectivity index (χ1n) is 11.5. The Balaban J connectivity index is 1.73. The monoisotopic (exact) mass is 466 g/mol.